The van der Waals surface area contributed by atoms with E-state index < -0.39 is 0 Å². The molecule has 0 atom stereocenters. The first-order valence-electron chi connectivity index (χ1n) is 7.13. The van der Waals surface area contributed by atoms with Crippen molar-refractivity contribution in [1.29, 1.82) is 0 Å². The Bertz CT molecular complexity index is 796. The summed E-state index contributed by atoms with van der Waals surface area (Å²) >= 11 is 1.68. The number of rotatable bonds is 3. The predicted molar refractivity (Wildman–Crippen MR) is 90.9 cm³/mol. The van der Waals surface area contributed by atoms with Crippen molar-refractivity contribution in [2.24, 2.45) is 0 Å². The molecular weight excluding hydrogens is 276 g/mol. The largest absolute Gasteiger partial charge is 0.228 e. The lowest BCUT2D eigenvalue weighted by molar-refractivity contribution is 1.10. The van der Waals surface area contributed by atoms with E-state index in [0.29, 0.717) is 0 Å². The van der Waals surface area contributed by atoms with Crippen molar-refractivity contribution < 1.29 is 0 Å². The number of aromatic nitrogens is 2. The number of aryl methyl sites for hydroxylation is 2. The number of hydrogen-bond donors (Lipinski definition) is 0. The lowest BCUT2D eigenvalue weighted by Crippen LogP contribution is -1.95. The van der Waals surface area contributed by atoms with E-state index in [0.717, 1.165) is 33.7 Å². The van der Waals surface area contributed by atoms with Crippen LogP contribution in [0.4, 0.5) is 0 Å². The molecule has 1 heterocycles. The SMILES string of the molecule is CCc1ccc2nc(-c3cccc(C)c3)nc(SC)c2c1. The predicted octanol–water partition coefficient (Wildman–Crippen LogP) is 4.89. The monoisotopic (exact) mass is 294 g/mol. The molecule has 3 rings (SSSR count). The second kappa shape index (κ2) is 5.86. The first-order valence-corrected chi connectivity index (χ1v) is 8.35. The first kappa shape index (κ1) is 14.1. The molecule has 3 heteroatoms. The number of nitrogens with zero attached hydrogens (tertiary/aromatic N) is 2. The van der Waals surface area contributed by atoms with Crippen molar-refractivity contribution >= 4 is 22.7 Å². The highest BCUT2D eigenvalue weighted by atomic mass is 32.2. The first-order chi connectivity index (χ1) is 10.2. The quantitative estimate of drug-likeness (QED) is 0.508. The highest BCUT2D eigenvalue weighted by molar-refractivity contribution is 7.98. The molecular formula is C18H18N2S. The van der Waals surface area contributed by atoms with Gasteiger partial charge in [0.05, 0.1) is 5.52 Å². The lowest BCUT2D eigenvalue weighted by Gasteiger charge is -2.08. The summed E-state index contributed by atoms with van der Waals surface area (Å²) in [5.41, 5.74) is 4.64. The van der Waals surface area contributed by atoms with Crippen LogP contribution in [0.1, 0.15) is 18.1 Å². The van der Waals surface area contributed by atoms with Crippen LogP contribution >= 0.6 is 11.8 Å². The topological polar surface area (TPSA) is 25.8 Å². The van der Waals surface area contributed by atoms with E-state index in [2.05, 4.69) is 62.6 Å². The number of hydrogen-bond acceptors (Lipinski definition) is 3. The fraction of sp³-hybridized carbons (Fsp3) is 0.222. The van der Waals surface area contributed by atoms with Crippen LogP contribution in [0.15, 0.2) is 47.5 Å². The van der Waals surface area contributed by atoms with Gasteiger partial charge in [0.2, 0.25) is 0 Å². The van der Waals surface area contributed by atoms with Gasteiger partial charge in [0.15, 0.2) is 5.82 Å². The molecule has 0 saturated heterocycles. The van der Waals surface area contributed by atoms with Crippen LogP contribution in [-0.4, -0.2) is 16.2 Å². The van der Waals surface area contributed by atoms with Crippen LogP contribution in [-0.2, 0) is 6.42 Å². The highest BCUT2D eigenvalue weighted by Crippen LogP contribution is 2.28. The third-order valence-corrected chi connectivity index (χ3v) is 4.30. The average Bonchev–Trinajstić information content (AvgIpc) is 2.53. The molecule has 3 aromatic rings. The van der Waals surface area contributed by atoms with Crippen molar-refractivity contribution in [3.8, 4) is 11.4 Å². The summed E-state index contributed by atoms with van der Waals surface area (Å²) in [7, 11) is 0. The Balaban J connectivity index is 2.22. The van der Waals surface area contributed by atoms with E-state index >= 15 is 0 Å². The smallest absolute Gasteiger partial charge is 0.161 e. The summed E-state index contributed by atoms with van der Waals surface area (Å²) in [4.78, 5) is 9.50. The minimum absolute atomic E-state index is 0.805. The molecule has 0 spiro atoms. The van der Waals surface area contributed by atoms with E-state index in [1.165, 1.54) is 11.1 Å². The average molecular weight is 294 g/mol. The summed E-state index contributed by atoms with van der Waals surface area (Å²) in [6, 6.07) is 14.8. The molecule has 0 radical (unpaired) electrons. The van der Waals surface area contributed by atoms with Crippen LogP contribution in [0.5, 0.6) is 0 Å². The molecule has 2 nitrogen and oxygen atoms in total. The molecule has 21 heavy (non-hydrogen) atoms. The maximum atomic E-state index is 4.76. The van der Waals surface area contributed by atoms with Gasteiger partial charge < -0.3 is 0 Å². The Kier molecular flexibility index (Phi) is 3.93. The molecule has 0 amide bonds. The number of fused-ring (bicyclic) bond motifs is 1. The highest BCUT2D eigenvalue weighted by Gasteiger charge is 2.09. The van der Waals surface area contributed by atoms with Gasteiger partial charge in [0.25, 0.3) is 0 Å². The van der Waals surface area contributed by atoms with Crippen molar-refractivity contribution in [2.45, 2.75) is 25.3 Å². The van der Waals surface area contributed by atoms with Gasteiger partial charge in [-0.3, -0.25) is 0 Å². The molecule has 1 aromatic heterocycles. The second-order valence-electron chi connectivity index (χ2n) is 5.13. The van der Waals surface area contributed by atoms with Crippen molar-refractivity contribution in [3.05, 3.63) is 53.6 Å². The molecule has 0 aliphatic carbocycles. The molecule has 0 aliphatic heterocycles. The standard InChI is InChI=1S/C18H18N2S/c1-4-13-8-9-16-15(11-13)18(21-3)20-17(19-16)14-7-5-6-12(2)10-14/h5-11H,4H2,1-3H3. The van der Waals surface area contributed by atoms with Gasteiger partial charge >= 0.3 is 0 Å². The van der Waals surface area contributed by atoms with Gasteiger partial charge in [0, 0.05) is 10.9 Å². The summed E-state index contributed by atoms with van der Waals surface area (Å²) in [6.07, 6.45) is 3.10. The van der Waals surface area contributed by atoms with E-state index in [9.17, 15) is 0 Å². The molecule has 0 bridgehead atoms. The normalized spacial score (nSPS) is 11.0. The van der Waals surface area contributed by atoms with Gasteiger partial charge in [-0.05, 0) is 43.4 Å². The fourth-order valence-corrected chi connectivity index (χ4v) is 3.00. The molecule has 0 aliphatic rings. The van der Waals surface area contributed by atoms with Crippen LogP contribution in [0, 0.1) is 6.92 Å². The van der Waals surface area contributed by atoms with Gasteiger partial charge in [-0.1, -0.05) is 36.8 Å². The van der Waals surface area contributed by atoms with Gasteiger partial charge in [0.1, 0.15) is 5.03 Å². The molecule has 2 aromatic carbocycles. The van der Waals surface area contributed by atoms with Crippen molar-refractivity contribution in [3.63, 3.8) is 0 Å². The Morgan fingerprint density at radius 1 is 1.05 bits per heavy atom. The van der Waals surface area contributed by atoms with Crippen LogP contribution in [0.2, 0.25) is 0 Å². The third kappa shape index (κ3) is 2.79. The van der Waals surface area contributed by atoms with Crippen LogP contribution in [0.25, 0.3) is 22.3 Å². The van der Waals surface area contributed by atoms with Gasteiger partial charge in [-0.15, -0.1) is 11.8 Å². The minimum atomic E-state index is 0.805. The minimum Gasteiger partial charge on any atom is -0.228 e. The van der Waals surface area contributed by atoms with E-state index in [1.54, 1.807) is 11.8 Å². The third-order valence-electron chi connectivity index (χ3n) is 3.60. The van der Waals surface area contributed by atoms with E-state index in [1.807, 2.05) is 0 Å². The summed E-state index contributed by atoms with van der Waals surface area (Å²) in [5.74, 6) is 0.805. The lowest BCUT2D eigenvalue weighted by atomic mass is 10.1. The molecule has 0 N–H and O–H groups in total. The van der Waals surface area contributed by atoms with Crippen molar-refractivity contribution in [2.75, 3.05) is 6.26 Å². The fourth-order valence-electron chi connectivity index (χ4n) is 2.44. The summed E-state index contributed by atoms with van der Waals surface area (Å²) in [6.45, 7) is 4.26. The van der Waals surface area contributed by atoms with E-state index in [-0.39, 0.29) is 0 Å². The maximum absolute atomic E-state index is 4.76. The zero-order valence-corrected chi connectivity index (χ0v) is 13.4. The molecule has 106 valence electrons. The Morgan fingerprint density at radius 2 is 1.90 bits per heavy atom. The van der Waals surface area contributed by atoms with Crippen molar-refractivity contribution in [1.82, 2.24) is 9.97 Å². The van der Waals surface area contributed by atoms with Crippen LogP contribution in [0.3, 0.4) is 0 Å². The molecule has 0 saturated carbocycles. The van der Waals surface area contributed by atoms with Crippen LogP contribution < -0.4 is 0 Å². The zero-order valence-electron chi connectivity index (χ0n) is 12.6. The zero-order chi connectivity index (χ0) is 14.8. The number of thioether (sulfide) groups is 1. The number of benzene rings is 2. The maximum Gasteiger partial charge on any atom is 0.161 e. The Labute approximate surface area is 129 Å². The summed E-state index contributed by atoms with van der Waals surface area (Å²) in [5, 5.41) is 2.20. The Morgan fingerprint density at radius 3 is 2.62 bits per heavy atom. The summed E-state index contributed by atoms with van der Waals surface area (Å²) < 4.78 is 0. The molecule has 0 fully saturated rings. The van der Waals surface area contributed by atoms with Gasteiger partial charge in [-0.25, -0.2) is 9.97 Å². The molecule has 0 unspecified atom stereocenters. The van der Waals surface area contributed by atoms with E-state index in [4.69, 9.17) is 9.97 Å². The second-order valence-corrected chi connectivity index (χ2v) is 5.93. The Hall–Kier alpha value is -1.87. The van der Waals surface area contributed by atoms with Gasteiger partial charge in [-0.2, -0.15) is 0 Å².